The normalized spacial score (nSPS) is 11.7. The Bertz CT molecular complexity index is 636. The zero-order valence-electron chi connectivity index (χ0n) is 11.6. The van der Waals surface area contributed by atoms with Crippen LogP contribution >= 0.6 is 11.6 Å². The van der Waals surface area contributed by atoms with Gasteiger partial charge in [0.05, 0.1) is 11.6 Å². The molecule has 0 saturated carbocycles. The van der Waals surface area contributed by atoms with E-state index in [9.17, 15) is 17.6 Å². The van der Waals surface area contributed by atoms with E-state index >= 15 is 0 Å². The largest absolute Gasteiger partial charge is 0.465 e. The minimum Gasteiger partial charge on any atom is -0.465 e. The molecule has 0 fully saturated rings. The molecular formula is C12H16ClFN2O4S. The topological polar surface area (TPSA) is 89.7 Å². The van der Waals surface area contributed by atoms with Crippen LogP contribution in [-0.4, -0.2) is 38.4 Å². The smallest absolute Gasteiger partial charge is 0.321 e. The average molecular weight is 339 g/mol. The van der Waals surface area contributed by atoms with Gasteiger partial charge in [0, 0.05) is 12.2 Å². The van der Waals surface area contributed by atoms with Crippen LogP contribution in [0.15, 0.2) is 17.0 Å². The van der Waals surface area contributed by atoms with E-state index in [0.717, 1.165) is 16.4 Å². The number of benzene rings is 1. The number of carbonyl (C=O) groups excluding carboxylic acids is 1. The molecule has 0 amide bonds. The first-order chi connectivity index (χ1) is 9.73. The molecule has 1 aromatic rings. The number of hydrogen-bond donors (Lipinski definition) is 1. The van der Waals surface area contributed by atoms with Gasteiger partial charge in [-0.15, -0.1) is 0 Å². The number of ether oxygens (including phenoxy) is 1. The van der Waals surface area contributed by atoms with Crippen LogP contribution in [-0.2, 0) is 19.6 Å². The number of nitrogens with two attached hydrogens (primary N) is 1. The van der Waals surface area contributed by atoms with E-state index < -0.39 is 38.3 Å². The second kappa shape index (κ2) is 7.06. The van der Waals surface area contributed by atoms with Crippen molar-refractivity contribution in [3.05, 3.63) is 23.0 Å². The van der Waals surface area contributed by atoms with E-state index in [-0.39, 0.29) is 18.8 Å². The van der Waals surface area contributed by atoms with Gasteiger partial charge in [-0.1, -0.05) is 18.5 Å². The summed E-state index contributed by atoms with van der Waals surface area (Å²) in [5.74, 6) is -1.83. The number of halogens is 2. The van der Waals surface area contributed by atoms with Gasteiger partial charge in [-0.25, -0.2) is 12.8 Å². The third-order valence-corrected chi connectivity index (χ3v) is 4.79. The molecule has 21 heavy (non-hydrogen) atoms. The Hall–Kier alpha value is -1.38. The maximum atomic E-state index is 13.9. The summed E-state index contributed by atoms with van der Waals surface area (Å²) in [6, 6.07) is 2.07. The molecule has 0 aliphatic rings. The van der Waals surface area contributed by atoms with Crippen molar-refractivity contribution in [2.45, 2.75) is 18.7 Å². The van der Waals surface area contributed by atoms with Crippen molar-refractivity contribution in [2.75, 3.05) is 25.4 Å². The lowest BCUT2D eigenvalue weighted by molar-refractivity contribution is -0.143. The van der Waals surface area contributed by atoms with Crippen molar-refractivity contribution in [3.63, 3.8) is 0 Å². The molecule has 0 heterocycles. The Balaban J connectivity index is 3.22. The lowest BCUT2D eigenvalue weighted by Gasteiger charge is -2.20. The van der Waals surface area contributed by atoms with E-state index in [0.29, 0.717) is 0 Å². The monoisotopic (exact) mass is 338 g/mol. The number of nitrogens with zero attached hydrogens (tertiary/aromatic N) is 1. The van der Waals surface area contributed by atoms with Gasteiger partial charge in [-0.3, -0.25) is 4.79 Å². The van der Waals surface area contributed by atoms with Gasteiger partial charge >= 0.3 is 5.97 Å². The lowest BCUT2D eigenvalue weighted by atomic mass is 10.3. The average Bonchev–Trinajstić information content (AvgIpc) is 2.40. The standard InChI is InChI=1S/C12H16ClFN2O4S/c1-3-16(7-11(17)20-4-2)21(18,19)10-6-8(15)5-9(13)12(10)14/h5-6H,3-4,7,15H2,1-2H3. The molecule has 0 aliphatic carbocycles. The fraction of sp³-hybridized carbons (Fsp3) is 0.417. The fourth-order valence-electron chi connectivity index (χ4n) is 1.63. The maximum Gasteiger partial charge on any atom is 0.321 e. The number of nitrogen functional groups attached to an aromatic ring is 1. The van der Waals surface area contributed by atoms with Crippen molar-refractivity contribution in [2.24, 2.45) is 0 Å². The zero-order valence-corrected chi connectivity index (χ0v) is 13.2. The van der Waals surface area contributed by atoms with Crippen LogP contribution in [0.2, 0.25) is 5.02 Å². The second-order valence-electron chi connectivity index (χ2n) is 4.05. The second-order valence-corrected chi connectivity index (χ2v) is 6.36. The molecule has 0 spiro atoms. The quantitative estimate of drug-likeness (QED) is 0.629. The van der Waals surface area contributed by atoms with Crippen molar-refractivity contribution < 1.29 is 22.3 Å². The Morgan fingerprint density at radius 2 is 2.05 bits per heavy atom. The summed E-state index contributed by atoms with van der Waals surface area (Å²) >= 11 is 5.60. The Kier molecular flexibility index (Phi) is 5.94. The Labute approximate surface area is 127 Å². The van der Waals surface area contributed by atoms with Gasteiger partial charge < -0.3 is 10.5 Å². The number of rotatable bonds is 6. The molecule has 2 N–H and O–H groups in total. The zero-order chi connectivity index (χ0) is 16.2. The van der Waals surface area contributed by atoms with Gasteiger partial charge in [0.25, 0.3) is 0 Å². The summed E-state index contributed by atoms with van der Waals surface area (Å²) in [6.07, 6.45) is 0. The van der Waals surface area contributed by atoms with Gasteiger partial charge in [-0.05, 0) is 19.1 Å². The minimum atomic E-state index is -4.25. The summed E-state index contributed by atoms with van der Waals surface area (Å²) in [6.45, 7) is 2.68. The summed E-state index contributed by atoms with van der Waals surface area (Å²) in [7, 11) is -4.25. The number of esters is 1. The van der Waals surface area contributed by atoms with Crippen LogP contribution in [0.3, 0.4) is 0 Å². The number of carbonyl (C=O) groups is 1. The summed E-state index contributed by atoms with van der Waals surface area (Å²) in [5, 5.41) is -0.402. The summed E-state index contributed by atoms with van der Waals surface area (Å²) < 4.78 is 44.2. The first kappa shape index (κ1) is 17.7. The first-order valence-corrected chi connectivity index (χ1v) is 7.96. The number of anilines is 1. The molecule has 6 nitrogen and oxygen atoms in total. The van der Waals surface area contributed by atoms with Crippen molar-refractivity contribution in [1.82, 2.24) is 4.31 Å². The van der Waals surface area contributed by atoms with Crippen molar-refractivity contribution >= 4 is 33.3 Å². The predicted molar refractivity (Wildman–Crippen MR) is 76.9 cm³/mol. The molecule has 0 aliphatic heterocycles. The van der Waals surface area contributed by atoms with E-state index in [2.05, 4.69) is 0 Å². The first-order valence-electron chi connectivity index (χ1n) is 6.14. The van der Waals surface area contributed by atoms with Gasteiger partial charge in [0.1, 0.15) is 11.4 Å². The van der Waals surface area contributed by atoms with E-state index in [1.807, 2.05) is 0 Å². The SMILES string of the molecule is CCOC(=O)CN(CC)S(=O)(=O)c1cc(N)cc(Cl)c1F. The van der Waals surface area contributed by atoms with Crippen LogP contribution in [0.5, 0.6) is 0 Å². The molecule has 118 valence electrons. The molecule has 0 aromatic heterocycles. The highest BCUT2D eigenvalue weighted by Gasteiger charge is 2.30. The third-order valence-electron chi connectivity index (χ3n) is 2.60. The number of hydrogen-bond acceptors (Lipinski definition) is 5. The van der Waals surface area contributed by atoms with Crippen molar-refractivity contribution in [1.29, 1.82) is 0 Å². The predicted octanol–water partition coefficient (Wildman–Crippen LogP) is 1.63. The molecule has 0 radical (unpaired) electrons. The molecular weight excluding hydrogens is 323 g/mol. The number of likely N-dealkylation sites (N-methyl/N-ethyl adjacent to an activating group) is 1. The highest BCUT2D eigenvalue weighted by atomic mass is 35.5. The van der Waals surface area contributed by atoms with Gasteiger partial charge in [0.15, 0.2) is 5.82 Å². The summed E-state index contributed by atoms with van der Waals surface area (Å²) in [4.78, 5) is 10.8. The molecule has 0 bridgehead atoms. The van der Waals surface area contributed by atoms with Gasteiger partial charge in [-0.2, -0.15) is 4.31 Å². The maximum absolute atomic E-state index is 13.9. The molecule has 1 rings (SSSR count). The molecule has 0 atom stereocenters. The van der Waals surface area contributed by atoms with Crippen LogP contribution in [0, 0.1) is 5.82 Å². The van der Waals surface area contributed by atoms with E-state index in [1.165, 1.54) is 6.92 Å². The van der Waals surface area contributed by atoms with Crippen LogP contribution < -0.4 is 5.73 Å². The molecule has 1 aromatic carbocycles. The molecule has 0 unspecified atom stereocenters. The van der Waals surface area contributed by atoms with Gasteiger partial charge in [0.2, 0.25) is 10.0 Å². The van der Waals surface area contributed by atoms with Crippen LogP contribution in [0.1, 0.15) is 13.8 Å². The highest BCUT2D eigenvalue weighted by Crippen LogP contribution is 2.27. The third kappa shape index (κ3) is 4.05. The highest BCUT2D eigenvalue weighted by molar-refractivity contribution is 7.89. The van der Waals surface area contributed by atoms with Crippen molar-refractivity contribution in [3.8, 4) is 0 Å². The molecule has 0 saturated heterocycles. The fourth-order valence-corrected chi connectivity index (χ4v) is 3.43. The van der Waals surface area contributed by atoms with E-state index in [1.54, 1.807) is 6.92 Å². The Morgan fingerprint density at radius 1 is 1.43 bits per heavy atom. The Morgan fingerprint density at radius 3 is 2.57 bits per heavy atom. The lowest BCUT2D eigenvalue weighted by Crippen LogP contribution is -2.36. The van der Waals surface area contributed by atoms with Crippen LogP contribution in [0.25, 0.3) is 0 Å². The van der Waals surface area contributed by atoms with Crippen LogP contribution in [0.4, 0.5) is 10.1 Å². The van der Waals surface area contributed by atoms with E-state index in [4.69, 9.17) is 22.1 Å². The molecule has 9 heteroatoms. The minimum absolute atomic E-state index is 0.00663. The number of sulfonamides is 1. The summed E-state index contributed by atoms with van der Waals surface area (Å²) in [5.41, 5.74) is 5.50.